The van der Waals surface area contributed by atoms with E-state index >= 15 is 0 Å². The minimum atomic E-state index is 0.119. The zero-order chi connectivity index (χ0) is 10.1. The summed E-state index contributed by atoms with van der Waals surface area (Å²) >= 11 is 0. The molecule has 0 aliphatic heterocycles. The first kappa shape index (κ1) is 10.5. The van der Waals surface area contributed by atoms with Gasteiger partial charge in [-0.2, -0.15) is 0 Å². The van der Waals surface area contributed by atoms with E-state index in [0.717, 1.165) is 19.3 Å². The van der Waals surface area contributed by atoms with Crippen LogP contribution >= 0.6 is 0 Å². The number of carbonyl (C=O) groups is 1. The third-order valence-electron chi connectivity index (χ3n) is 2.90. The molecule has 0 aromatic carbocycles. The number of hydrogen-bond acceptors (Lipinski definition) is 2. The average Bonchev–Trinajstić information content (AvgIpc) is 2.43. The van der Waals surface area contributed by atoms with Crippen molar-refractivity contribution in [3.63, 3.8) is 0 Å². The molecule has 1 saturated carbocycles. The van der Waals surface area contributed by atoms with E-state index in [1.165, 1.54) is 12.2 Å². The van der Waals surface area contributed by atoms with Crippen LogP contribution in [0.3, 0.4) is 0 Å². The summed E-state index contributed by atoms with van der Waals surface area (Å²) in [5.41, 5.74) is 0.328. The minimum absolute atomic E-state index is 0.119. The fourth-order valence-electron chi connectivity index (χ4n) is 1.99. The molecule has 1 atom stereocenters. The van der Waals surface area contributed by atoms with Crippen molar-refractivity contribution in [1.82, 2.24) is 5.06 Å². The minimum Gasteiger partial charge on any atom is -0.275 e. The zero-order valence-electron chi connectivity index (χ0n) is 8.96. The second-order valence-corrected chi connectivity index (χ2v) is 4.62. The molecule has 0 heterocycles. The van der Waals surface area contributed by atoms with Gasteiger partial charge in [-0.1, -0.05) is 13.8 Å². The Kier molecular flexibility index (Phi) is 2.96. The topological polar surface area (TPSA) is 29.5 Å². The van der Waals surface area contributed by atoms with Crippen molar-refractivity contribution >= 4 is 5.91 Å². The van der Waals surface area contributed by atoms with Crippen LogP contribution in [-0.2, 0) is 9.63 Å². The van der Waals surface area contributed by atoms with Crippen LogP contribution in [0, 0.1) is 11.3 Å². The van der Waals surface area contributed by atoms with Crippen LogP contribution in [0.2, 0.25) is 0 Å². The van der Waals surface area contributed by atoms with Crippen LogP contribution < -0.4 is 0 Å². The highest BCUT2D eigenvalue weighted by Gasteiger charge is 2.36. The van der Waals surface area contributed by atoms with Crippen LogP contribution in [0.4, 0.5) is 0 Å². The van der Waals surface area contributed by atoms with Crippen molar-refractivity contribution in [3.8, 4) is 0 Å². The summed E-state index contributed by atoms with van der Waals surface area (Å²) in [4.78, 5) is 16.5. The fourth-order valence-corrected chi connectivity index (χ4v) is 1.99. The molecule has 1 unspecified atom stereocenters. The van der Waals surface area contributed by atoms with Crippen molar-refractivity contribution in [1.29, 1.82) is 0 Å². The molecule has 0 radical (unpaired) electrons. The van der Waals surface area contributed by atoms with E-state index in [1.54, 1.807) is 7.05 Å². The number of nitrogens with zero attached hydrogens (tertiary/aromatic N) is 1. The Balaban J connectivity index is 2.51. The van der Waals surface area contributed by atoms with Gasteiger partial charge in [-0.25, -0.2) is 5.06 Å². The molecule has 13 heavy (non-hydrogen) atoms. The largest absolute Gasteiger partial charge is 0.275 e. The van der Waals surface area contributed by atoms with Gasteiger partial charge in [-0.3, -0.25) is 9.63 Å². The zero-order valence-corrected chi connectivity index (χ0v) is 8.96. The van der Waals surface area contributed by atoms with Gasteiger partial charge in [0, 0.05) is 13.0 Å². The summed E-state index contributed by atoms with van der Waals surface area (Å²) in [6.07, 6.45) is 3.13. The van der Waals surface area contributed by atoms with Crippen LogP contribution in [0.1, 0.15) is 33.1 Å². The van der Waals surface area contributed by atoms with Crippen LogP contribution in [0.15, 0.2) is 0 Å². The van der Waals surface area contributed by atoms with Crippen molar-refractivity contribution in [2.24, 2.45) is 11.3 Å². The molecule has 0 spiro atoms. The van der Waals surface area contributed by atoms with Crippen molar-refractivity contribution in [2.75, 3.05) is 14.2 Å². The maximum absolute atomic E-state index is 11.7. The van der Waals surface area contributed by atoms with Gasteiger partial charge < -0.3 is 0 Å². The van der Waals surface area contributed by atoms with E-state index in [2.05, 4.69) is 13.8 Å². The van der Waals surface area contributed by atoms with E-state index in [4.69, 9.17) is 4.84 Å². The highest BCUT2D eigenvalue weighted by atomic mass is 16.7. The molecule has 0 aromatic heterocycles. The summed E-state index contributed by atoms with van der Waals surface area (Å²) in [5.74, 6) is 0.285. The van der Waals surface area contributed by atoms with Gasteiger partial charge in [0.1, 0.15) is 0 Å². The lowest BCUT2D eigenvalue weighted by Gasteiger charge is -2.20. The Morgan fingerprint density at radius 2 is 2.15 bits per heavy atom. The van der Waals surface area contributed by atoms with Crippen molar-refractivity contribution < 1.29 is 9.63 Å². The highest BCUT2D eigenvalue weighted by molar-refractivity contribution is 5.77. The molecule has 0 saturated heterocycles. The van der Waals surface area contributed by atoms with E-state index in [1.807, 2.05) is 0 Å². The summed E-state index contributed by atoms with van der Waals surface area (Å²) in [6, 6.07) is 0. The van der Waals surface area contributed by atoms with Crippen molar-refractivity contribution in [2.45, 2.75) is 33.1 Å². The third kappa shape index (κ3) is 2.44. The standard InChI is InChI=1S/C10H19NO2/c1-10(2)6-5-8(7-10)9(12)11(3)13-4/h8H,5-7H2,1-4H3. The normalized spacial score (nSPS) is 26.0. The molecule has 1 fully saturated rings. The summed E-state index contributed by atoms with van der Waals surface area (Å²) in [6.45, 7) is 4.43. The molecule has 1 amide bonds. The monoisotopic (exact) mass is 185 g/mol. The maximum Gasteiger partial charge on any atom is 0.248 e. The molecule has 76 valence electrons. The number of rotatable bonds is 2. The number of hydroxylamine groups is 2. The van der Waals surface area contributed by atoms with Crippen LogP contribution in [0.5, 0.6) is 0 Å². The van der Waals surface area contributed by atoms with Gasteiger partial charge >= 0.3 is 0 Å². The van der Waals surface area contributed by atoms with Gasteiger partial charge in [0.2, 0.25) is 5.91 Å². The Morgan fingerprint density at radius 1 is 1.54 bits per heavy atom. The van der Waals surface area contributed by atoms with Gasteiger partial charge in [-0.05, 0) is 24.7 Å². The average molecular weight is 185 g/mol. The van der Waals surface area contributed by atoms with Crippen molar-refractivity contribution in [3.05, 3.63) is 0 Å². The second kappa shape index (κ2) is 3.66. The lowest BCUT2D eigenvalue weighted by Crippen LogP contribution is -2.31. The smallest absolute Gasteiger partial charge is 0.248 e. The molecule has 0 bridgehead atoms. The van der Waals surface area contributed by atoms with Gasteiger partial charge in [0.25, 0.3) is 0 Å². The first-order chi connectivity index (χ1) is 5.96. The quantitative estimate of drug-likeness (QED) is 0.614. The van der Waals surface area contributed by atoms with Crippen LogP contribution in [0.25, 0.3) is 0 Å². The SMILES string of the molecule is CON(C)C(=O)C1CCC(C)(C)C1. The van der Waals surface area contributed by atoms with Gasteiger partial charge in [-0.15, -0.1) is 0 Å². The fraction of sp³-hybridized carbons (Fsp3) is 0.900. The molecule has 3 nitrogen and oxygen atoms in total. The van der Waals surface area contributed by atoms with E-state index in [9.17, 15) is 4.79 Å². The Hall–Kier alpha value is -0.570. The molecule has 1 rings (SSSR count). The molecule has 3 heteroatoms. The lowest BCUT2D eigenvalue weighted by atomic mass is 9.90. The molecule has 0 aromatic rings. The second-order valence-electron chi connectivity index (χ2n) is 4.62. The molecular weight excluding hydrogens is 166 g/mol. The maximum atomic E-state index is 11.7. The predicted molar refractivity (Wildman–Crippen MR) is 50.9 cm³/mol. The predicted octanol–water partition coefficient (Wildman–Crippen LogP) is 1.83. The highest BCUT2D eigenvalue weighted by Crippen LogP contribution is 2.41. The number of carbonyl (C=O) groups excluding carboxylic acids is 1. The number of hydrogen-bond donors (Lipinski definition) is 0. The van der Waals surface area contributed by atoms with Crippen LogP contribution in [-0.4, -0.2) is 25.1 Å². The first-order valence-electron chi connectivity index (χ1n) is 4.78. The molecule has 1 aliphatic carbocycles. The molecule has 0 N–H and O–H groups in total. The molecule has 1 aliphatic rings. The summed E-state index contributed by atoms with van der Waals surface area (Å²) in [5, 5.41) is 1.34. The molecular formula is C10H19NO2. The van der Waals surface area contributed by atoms with E-state index in [-0.39, 0.29) is 11.8 Å². The lowest BCUT2D eigenvalue weighted by molar-refractivity contribution is -0.173. The summed E-state index contributed by atoms with van der Waals surface area (Å²) < 4.78 is 0. The van der Waals surface area contributed by atoms with E-state index < -0.39 is 0 Å². The Bertz CT molecular complexity index is 201. The van der Waals surface area contributed by atoms with Gasteiger partial charge in [0.05, 0.1) is 7.11 Å². The first-order valence-corrected chi connectivity index (χ1v) is 4.78. The third-order valence-corrected chi connectivity index (χ3v) is 2.90. The Labute approximate surface area is 80.0 Å². The number of amides is 1. The van der Waals surface area contributed by atoms with Gasteiger partial charge in [0.15, 0.2) is 0 Å². The van der Waals surface area contributed by atoms with E-state index in [0.29, 0.717) is 5.41 Å². The Morgan fingerprint density at radius 3 is 2.54 bits per heavy atom. The summed E-state index contributed by atoms with van der Waals surface area (Å²) in [7, 11) is 3.20.